The summed E-state index contributed by atoms with van der Waals surface area (Å²) in [6.45, 7) is 7.44. The van der Waals surface area contributed by atoms with Crippen LogP contribution in [0.5, 0.6) is 0 Å². The van der Waals surface area contributed by atoms with E-state index in [0.29, 0.717) is 0 Å². The molecule has 142 valence electrons. The van der Waals surface area contributed by atoms with Gasteiger partial charge in [-0.3, -0.25) is 14.9 Å². The molecule has 27 heavy (non-hydrogen) atoms. The summed E-state index contributed by atoms with van der Waals surface area (Å²) < 4.78 is 0. The first-order valence-electron chi connectivity index (χ1n) is 9.17. The minimum absolute atomic E-state index is 0.0857. The molecule has 1 heterocycles. The van der Waals surface area contributed by atoms with Crippen LogP contribution >= 0.6 is 0 Å². The third kappa shape index (κ3) is 4.25. The van der Waals surface area contributed by atoms with E-state index in [2.05, 4.69) is 29.3 Å². The molecule has 2 aromatic rings. The van der Waals surface area contributed by atoms with E-state index in [1.165, 1.54) is 22.2 Å². The maximum Gasteiger partial charge on any atom is 0.292 e. The van der Waals surface area contributed by atoms with Crippen LogP contribution in [0.1, 0.15) is 12.5 Å². The minimum atomic E-state index is -0.478. The number of anilines is 2. The van der Waals surface area contributed by atoms with Crippen LogP contribution in [0.25, 0.3) is 0 Å². The molecule has 0 aliphatic carbocycles. The molecule has 1 aliphatic rings. The van der Waals surface area contributed by atoms with Crippen molar-refractivity contribution in [3.63, 3.8) is 0 Å². The highest BCUT2D eigenvalue weighted by atomic mass is 16.6. The number of quaternary nitrogens is 1. The van der Waals surface area contributed by atoms with Crippen molar-refractivity contribution < 1.29 is 14.6 Å². The van der Waals surface area contributed by atoms with Gasteiger partial charge < -0.3 is 15.1 Å². The number of hydrogen-bond acceptors (Lipinski definition) is 4. The highest BCUT2D eigenvalue weighted by molar-refractivity contribution is 5.95. The van der Waals surface area contributed by atoms with Crippen molar-refractivity contribution in [2.24, 2.45) is 0 Å². The number of carbonyl (C=O) groups is 1. The lowest BCUT2D eigenvalue weighted by molar-refractivity contribution is -0.914. The number of nitrogens with one attached hydrogen (secondary N) is 2. The Hall–Kier alpha value is -2.93. The van der Waals surface area contributed by atoms with Crippen molar-refractivity contribution >= 4 is 23.0 Å². The minimum Gasteiger partial charge on any atom is -0.360 e. The van der Waals surface area contributed by atoms with Gasteiger partial charge in [0.1, 0.15) is 5.69 Å². The SMILES string of the molecule is Cc1ccccc1N1CC[NH+]([C@H](C)C(=O)Nc2ccccc2[N+](=O)[O-])CC1. The summed E-state index contributed by atoms with van der Waals surface area (Å²) in [6, 6.07) is 14.3. The second kappa shape index (κ2) is 8.18. The van der Waals surface area contributed by atoms with E-state index in [1.54, 1.807) is 18.2 Å². The molecule has 1 amide bonds. The van der Waals surface area contributed by atoms with Crippen molar-refractivity contribution in [3.8, 4) is 0 Å². The van der Waals surface area contributed by atoms with Gasteiger partial charge in [-0.1, -0.05) is 30.3 Å². The van der Waals surface area contributed by atoms with Crippen LogP contribution in [0.2, 0.25) is 0 Å². The fourth-order valence-corrected chi connectivity index (χ4v) is 3.55. The number of nitro benzene ring substituents is 1. The molecule has 7 nitrogen and oxygen atoms in total. The van der Waals surface area contributed by atoms with Crippen LogP contribution in [-0.4, -0.2) is 43.1 Å². The lowest BCUT2D eigenvalue weighted by Crippen LogP contribution is -3.19. The second-order valence-corrected chi connectivity index (χ2v) is 6.92. The number of benzene rings is 2. The number of hydrogen-bond donors (Lipinski definition) is 2. The molecular weight excluding hydrogens is 344 g/mol. The zero-order valence-corrected chi connectivity index (χ0v) is 15.6. The fourth-order valence-electron chi connectivity index (χ4n) is 3.55. The Kier molecular flexibility index (Phi) is 5.71. The number of rotatable bonds is 5. The van der Waals surface area contributed by atoms with E-state index in [0.717, 1.165) is 26.2 Å². The van der Waals surface area contributed by atoms with Gasteiger partial charge >= 0.3 is 0 Å². The summed E-state index contributed by atoms with van der Waals surface area (Å²) in [7, 11) is 0. The Labute approximate surface area is 158 Å². The molecule has 1 fully saturated rings. The van der Waals surface area contributed by atoms with E-state index >= 15 is 0 Å². The standard InChI is InChI=1S/C20H24N4O3/c1-15-7-3-5-9-18(15)23-13-11-22(12-14-23)16(2)20(25)21-17-8-4-6-10-19(17)24(26)27/h3-10,16H,11-14H2,1-2H3,(H,21,25)/p+1/t16-/m1/s1. The van der Waals surface area contributed by atoms with Crippen LogP contribution in [0.4, 0.5) is 17.1 Å². The van der Waals surface area contributed by atoms with Crippen LogP contribution in [-0.2, 0) is 4.79 Å². The number of aryl methyl sites for hydroxylation is 1. The summed E-state index contributed by atoms with van der Waals surface area (Å²) in [5, 5.41) is 13.8. The topological polar surface area (TPSA) is 79.9 Å². The zero-order chi connectivity index (χ0) is 19.4. The van der Waals surface area contributed by atoms with Crippen molar-refractivity contribution in [1.82, 2.24) is 0 Å². The Morgan fingerprint density at radius 1 is 1.15 bits per heavy atom. The molecule has 1 saturated heterocycles. The molecule has 2 aromatic carbocycles. The van der Waals surface area contributed by atoms with E-state index < -0.39 is 4.92 Å². The number of para-hydroxylation sites is 3. The van der Waals surface area contributed by atoms with Gasteiger partial charge in [0.05, 0.1) is 31.1 Å². The third-order valence-corrected chi connectivity index (χ3v) is 5.23. The van der Waals surface area contributed by atoms with Crippen LogP contribution in [0.15, 0.2) is 48.5 Å². The van der Waals surface area contributed by atoms with E-state index in [1.807, 2.05) is 19.1 Å². The van der Waals surface area contributed by atoms with Crippen molar-refractivity contribution in [2.75, 3.05) is 36.4 Å². The Morgan fingerprint density at radius 2 is 1.78 bits per heavy atom. The molecule has 0 radical (unpaired) electrons. The molecule has 1 atom stereocenters. The van der Waals surface area contributed by atoms with Crippen LogP contribution < -0.4 is 15.1 Å². The third-order valence-electron chi connectivity index (χ3n) is 5.23. The molecule has 7 heteroatoms. The van der Waals surface area contributed by atoms with Gasteiger partial charge in [-0.25, -0.2) is 0 Å². The smallest absolute Gasteiger partial charge is 0.292 e. The fraction of sp³-hybridized carbons (Fsp3) is 0.350. The maximum atomic E-state index is 12.6. The van der Waals surface area contributed by atoms with Crippen molar-refractivity contribution in [3.05, 3.63) is 64.2 Å². The van der Waals surface area contributed by atoms with Crippen LogP contribution in [0, 0.1) is 17.0 Å². The van der Waals surface area contributed by atoms with Crippen molar-refractivity contribution in [2.45, 2.75) is 19.9 Å². The Balaban J connectivity index is 1.61. The van der Waals surface area contributed by atoms with Gasteiger partial charge in [0, 0.05) is 11.8 Å². The Morgan fingerprint density at radius 3 is 2.44 bits per heavy atom. The highest BCUT2D eigenvalue weighted by Crippen LogP contribution is 2.23. The van der Waals surface area contributed by atoms with Gasteiger partial charge in [0.25, 0.3) is 11.6 Å². The monoisotopic (exact) mass is 369 g/mol. The molecule has 1 aliphatic heterocycles. The van der Waals surface area contributed by atoms with Gasteiger partial charge in [0.15, 0.2) is 6.04 Å². The zero-order valence-electron chi connectivity index (χ0n) is 15.6. The molecule has 0 aromatic heterocycles. The molecule has 2 N–H and O–H groups in total. The predicted molar refractivity (Wildman–Crippen MR) is 105 cm³/mol. The average molecular weight is 369 g/mol. The van der Waals surface area contributed by atoms with Crippen LogP contribution in [0.3, 0.4) is 0 Å². The largest absolute Gasteiger partial charge is 0.360 e. The lowest BCUT2D eigenvalue weighted by Gasteiger charge is -2.36. The molecule has 0 unspecified atom stereocenters. The maximum absolute atomic E-state index is 12.6. The number of amides is 1. The van der Waals surface area contributed by atoms with Gasteiger partial charge in [-0.15, -0.1) is 0 Å². The lowest BCUT2D eigenvalue weighted by atomic mass is 10.1. The normalized spacial score (nSPS) is 16.0. The summed E-state index contributed by atoms with van der Waals surface area (Å²) in [5.74, 6) is -0.191. The molecule has 0 spiro atoms. The average Bonchev–Trinajstić information content (AvgIpc) is 2.68. The molecule has 3 rings (SSSR count). The molecular formula is C20H25N4O3+. The van der Waals surface area contributed by atoms with E-state index in [4.69, 9.17) is 0 Å². The summed E-state index contributed by atoms with van der Waals surface area (Å²) in [6.07, 6.45) is 0. The molecule has 0 saturated carbocycles. The molecule has 0 bridgehead atoms. The summed E-state index contributed by atoms with van der Waals surface area (Å²) in [5.41, 5.74) is 2.66. The van der Waals surface area contributed by atoms with E-state index in [-0.39, 0.29) is 23.3 Å². The quantitative estimate of drug-likeness (QED) is 0.620. The number of nitro groups is 1. The number of piperazine rings is 1. The predicted octanol–water partition coefficient (Wildman–Crippen LogP) is 1.64. The van der Waals surface area contributed by atoms with Gasteiger partial charge in [-0.2, -0.15) is 0 Å². The van der Waals surface area contributed by atoms with E-state index in [9.17, 15) is 14.9 Å². The first-order chi connectivity index (χ1) is 13.0. The van der Waals surface area contributed by atoms with Crippen molar-refractivity contribution in [1.29, 1.82) is 0 Å². The summed E-state index contributed by atoms with van der Waals surface area (Å²) in [4.78, 5) is 26.8. The van der Waals surface area contributed by atoms with Gasteiger partial charge in [-0.05, 0) is 31.5 Å². The number of nitrogens with zero attached hydrogens (tertiary/aromatic N) is 2. The highest BCUT2D eigenvalue weighted by Gasteiger charge is 2.30. The first-order valence-corrected chi connectivity index (χ1v) is 9.17. The second-order valence-electron chi connectivity index (χ2n) is 6.92. The number of carbonyl (C=O) groups excluding carboxylic acids is 1. The summed E-state index contributed by atoms with van der Waals surface area (Å²) >= 11 is 0. The first kappa shape index (κ1) is 18.8. The Bertz CT molecular complexity index is 831. The van der Waals surface area contributed by atoms with Gasteiger partial charge in [0.2, 0.25) is 0 Å².